The second kappa shape index (κ2) is 2.98. The molecule has 0 aliphatic rings. The van der Waals surface area contributed by atoms with Crippen LogP contribution in [0, 0.1) is 0 Å². The lowest BCUT2D eigenvalue weighted by Crippen LogP contribution is -1.95. The summed E-state index contributed by atoms with van der Waals surface area (Å²) in [5.74, 6) is -0.719. The maximum absolute atomic E-state index is 10.7. The number of carboxylic acid groups (broad SMARTS) is 1. The average Bonchev–Trinajstić information content (AvgIpc) is 2.45. The summed E-state index contributed by atoms with van der Waals surface area (Å²) in [4.78, 5) is 17.5. The number of nitrogens with two attached hydrogens (primary N) is 1. The fraction of sp³-hybridized carbons (Fsp3) is 0. The van der Waals surface area contributed by atoms with Crippen LogP contribution in [0.1, 0.15) is 10.4 Å². The van der Waals surface area contributed by atoms with E-state index in [1.165, 1.54) is 12.1 Å². The molecule has 4 N–H and O–H groups in total. The van der Waals surface area contributed by atoms with Gasteiger partial charge in [0.05, 0.1) is 11.1 Å². The van der Waals surface area contributed by atoms with Gasteiger partial charge in [-0.15, -0.1) is 0 Å². The number of fused-ring (bicyclic) bond motifs is 1. The van der Waals surface area contributed by atoms with Crippen molar-refractivity contribution in [2.75, 3.05) is 5.73 Å². The van der Waals surface area contributed by atoms with Gasteiger partial charge in [0.15, 0.2) is 5.95 Å². The number of aromatic nitrogens is 2. The maximum Gasteiger partial charge on any atom is 0.335 e. The third kappa shape index (κ3) is 1.33. The highest BCUT2D eigenvalue weighted by atomic mass is 79.9. The number of carbonyl (C=O) groups is 1. The van der Waals surface area contributed by atoms with Crippen LogP contribution in [0.5, 0.6) is 0 Å². The van der Waals surface area contributed by atoms with E-state index in [2.05, 4.69) is 25.9 Å². The van der Waals surface area contributed by atoms with Crippen molar-refractivity contribution in [1.29, 1.82) is 0 Å². The number of halogens is 1. The minimum atomic E-state index is -0.985. The summed E-state index contributed by atoms with van der Waals surface area (Å²) >= 11 is 3.23. The molecule has 14 heavy (non-hydrogen) atoms. The van der Waals surface area contributed by atoms with E-state index in [4.69, 9.17) is 10.8 Å². The van der Waals surface area contributed by atoms with Gasteiger partial charge in [0, 0.05) is 4.47 Å². The molecule has 1 heterocycles. The number of carboxylic acids is 1. The number of imidazole rings is 1. The van der Waals surface area contributed by atoms with E-state index < -0.39 is 5.97 Å². The van der Waals surface area contributed by atoms with Crippen molar-refractivity contribution in [2.24, 2.45) is 0 Å². The summed E-state index contributed by atoms with van der Waals surface area (Å²) in [6.07, 6.45) is 0. The van der Waals surface area contributed by atoms with E-state index in [1.807, 2.05) is 0 Å². The molecule has 0 fully saturated rings. The number of nitrogens with zero attached hydrogens (tertiary/aromatic N) is 1. The quantitative estimate of drug-likeness (QED) is 0.722. The van der Waals surface area contributed by atoms with Crippen molar-refractivity contribution in [1.82, 2.24) is 9.97 Å². The zero-order valence-corrected chi connectivity index (χ0v) is 8.50. The first-order valence-corrected chi connectivity index (χ1v) is 4.55. The minimum absolute atomic E-state index is 0.188. The summed E-state index contributed by atoms with van der Waals surface area (Å²) in [7, 11) is 0. The van der Waals surface area contributed by atoms with E-state index in [0.29, 0.717) is 15.5 Å². The third-order valence-electron chi connectivity index (χ3n) is 1.81. The summed E-state index contributed by atoms with van der Waals surface area (Å²) in [6.45, 7) is 0. The van der Waals surface area contributed by atoms with Crippen LogP contribution >= 0.6 is 15.9 Å². The van der Waals surface area contributed by atoms with E-state index in [0.717, 1.165) is 0 Å². The fourth-order valence-corrected chi connectivity index (χ4v) is 1.77. The van der Waals surface area contributed by atoms with Crippen molar-refractivity contribution in [3.05, 3.63) is 22.2 Å². The predicted molar refractivity (Wildman–Crippen MR) is 55.2 cm³/mol. The Kier molecular flexibility index (Phi) is 1.92. The van der Waals surface area contributed by atoms with Crippen LogP contribution in [0.25, 0.3) is 11.0 Å². The second-order valence-electron chi connectivity index (χ2n) is 2.78. The van der Waals surface area contributed by atoms with Gasteiger partial charge >= 0.3 is 5.97 Å². The van der Waals surface area contributed by atoms with Crippen molar-refractivity contribution in [3.63, 3.8) is 0 Å². The van der Waals surface area contributed by atoms with Gasteiger partial charge in [-0.3, -0.25) is 0 Å². The molecule has 0 aliphatic heterocycles. The standard InChI is InChI=1S/C8H6BrN3O2/c9-4-1-3(7(13)14)2-5-6(4)12-8(10)11-5/h1-2H,(H,13,14)(H3,10,11,12). The van der Waals surface area contributed by atoms with Crippen LogP contribution in [0.15, 0.2) is 16.6 Å². The SMILES string of the molecule is Nc1nc2c(Br)cc(C(=O)O)cc2[nH]1. The van der Waals surface area contributed by atoms with Crippen molar-refractivity contribution >= 4 is 38.9 Å². The first-order chi connectivity index (χ1) is 6.58. The highest BCUT2D eigenvalue weighted by Gasteiger charge is 2.10. The normalized spacial score (nSPS) is 10.6. The summed E-state index contributed by atoms with van der Waals surface area (Å²) < 4.78 is 0.611. The Morgan fingerprint density at radius 2 is 2.29 bits per heavy atom. The number of nitrogens with one attached hydrogen (secondary N) is 1. The van der Waals surface area contributed by atoms with Crippen LogP contribution in [0.4, 0.5) is 5.95 Å². The Bertz CT molecular complexity index is 521. The largest absolute Gasteiger partial charge is 0.478 e. The predicted octanol–water partition coefficient (Wildman–Crippen LogP) is 1.61. The Morgan fingerprint density at radius 3 is 2.93 bits per heavy atom. The Morgan fingerprint density at radius 1 is 1.57 bits per heavy atom. The number of H-pyrrole nitrogens is 1. The zero-order chi connectivity index (χ0) is 10.3. The summed E-state index contributed by atoms with van der Waals surface area (Å²) in [5.41, 5.74) is 6.88. The lowest BCUT2D eigenvalue weighted by atomic mass is 10.2. The fourth-order valence-electron chi connectivity index (χ4n) is 1.22. The molecule has 0 aliphatic carbocycles. The van der Waals surface area contributed by atoms with E-state index >= 15 is 0 Å². The third-order valence-corrected chi connectivity index (χ3v) is 2.41. The highest BCUT2D eigenvalue weighted by molar-refractivity contribution is 9.10. The van der Waals surface area contributed by atoms with Gasteiger partial charge in [-0.25, -0.2) is 9.78 Å². The molecule has 0 unspecified atom stereocenters. The van der Waals surface area contributed by atoms with E-state index in [9.17, 15) is 4.79 Å². The molecule has 6 heteroatoms. The lowest BCUT2D eigenvalue weighted by Gasteiger charge is -1.96. The molecule has 0 radical (unpaired) electrons. The smallest absolute Gasteiger partial charge is 0.335 e. The molecule has 0 atom stereocenters. The van der Waals surface area contributed by atoms with Crippen LogP contribution in [0.3, 0.4) is 0 Å². The molecular formula is C8H6BrN3O2. The van der Waals surface area contributed by atoms with Gasteiger partial charge < -0.3 is 15.8 Å². The van der Waals surface area contributed by atoms with Gasteiger partial charge in [0.2, 0.25) is 0 Å². The number of nitrogen functional groups attached to an aromatic ring is 1. The average molecular weight is 256 g/mol. The Balaban J connectivity index is 2.77. The number of aromatic carboxylic acids is 1. The van der Waals surface area contributed by atoms with Crippen LogP contribution in [-0.4, -0.2) is 21.0 Å². The Hall–Kier alpha value is -1.56. The Labute approximate surface area is 87.1 Å². The molecule has 0 spiro atoms. The molecular weight excluding hydrogens is 250 g/mol. The van der Waals surface area contributed by atoms with Crippen LogP contribution < -0.4 is 5.73 Å². The number of hydrogen-bond acceptors (Lipinski definition) is 3. The van der Waals surface area contributed by atoms with Crippen molar-refractivity contribution < 1.29 is 9.90 Å². The van der Waals surface area contributed by atoms with Crippen LogP contribution in [-0.2, 0) is 0 Å². The summed E-state index contributed by atoms with van der Waals surface area (Å²) in [5, 5.41) is 8.79. The topological polar surface area (TPSA) is 92.0 Å². The monoisotopic (exact) mass is 255 g/mol. The highest BCUT2D eigenvalue weighted by Crippen LogP contribution is 2.24. The zero-order valence-electron chi connectivity index (χ0n) is 6.91. The molecule has 0 saturated carbocycles. The van der Waals surface area contributed by atoms with Gasteiger partial charge in [0.25, 0.3) is 0 Å². The molecule has 0 bridgehead atoms. The minimum Gasteiger partial charge on any atom is -0.478 e. The maximum atomic E-state index is 10.7. The van der Waals surface area contributed by atoms with Gasteiger partial charge in [-0.1, -0.05) is 0 Å². The van der Waals surface area contributed by atoms with Crippen molar-refractivity contribution in [3.8, 4) is 0 Å². The van der Waals surface area contributed by atoms with Gasteiger partial charge in [-0.2, -0.15) is 0 Å². The molecule has 0 saturated heterocycles. The number of hydrogen-bond donors (Lipinski definition) is 3. The molecule has 2 rings (SSSR count). The number of anilines is 1. The van der Waals surface area contributed by atoms with Gasteiger partial charge in [0.1, 0.15) is 5.52 Å². The lowest BCUT2D eigenvalue weighted by molar-refractivity contribution is 0.0697. The number of aromatic amines is 1. The van der Waals surface area contributed by atoms with Crippen molar-refractivity contribution in [2.45, 2.75) is 0 Å². The van der Waals surface area contributed by atoms with E-state index in [-0.39, 0.29) is 11.5 Å². The molecule has 1 aromatic carbocycles. The summed E-state index contributed by atoms with van der Waals surface area (Å²) in [6, 6.07) is 2.98. The molecule has 72 valence electrons. The molecule has 5 nitrogen and oxygen atoms in total. The van der Waals surface area contributed by atoms with E-state index in [1.54, 1.807) is 0 Å². The van der Waals surface area contributed by atoms with Crippen LogP contribution in [0.2, 0.25) is 0 Å². The number of benzene rings is 1. The molecule has 1 aromatic heterocycles. The molecule has 0 amide bonds. The number of rotatable bonds is 1. The molecule has 2 aromatic rings. The van der Waals surface area contributed by atoms with Gasteiger partial charge in [-0.05, 0) is 28.1 Å². The first-order valence-electron chi connectivity index (χ1n) is 3.76. The second-order valence-corrected chi connectivity index (χ2v) is 3.64. The first kappa shape index (κ1) is 9.01.